The van der Waals surface area contributed by atoms with Gasteiger partial charge in [-0.25, -0.2) is 0 Å². The van der Waals surface area contributed by atoms with Crippen molar-refractivity contribution in [1.29, 1.82) is 0 Å². The smallest absolute Gasteiger partial charge is 0.0722 e. The molecule has 0 saturated carbocycles. The second-order valence-corrected chi connectivity index (χ2v) is 5.37. The fourth-order valence-electron chi connectivity index (χ4n) is 2.52. The number of nitrogens with zero attached hydrogens (tertiary/aromatic N) is 1. The van der Waals surface area contributed by atoms with Crippen LogP contribution in [-0.4, -0.2) is 4.98 Å². The van der Waals surface area contributed by atoms with Crippen molar-refractivity contribution in [2.45, 2.75) is 19.9 Å². The van der Waals surface area contributed by atoms with Gasteiger partial charge in [0.25, 0.3) is 0 Å². The maximum atomic E-state index is 5.75. The van der Waals surface area contributed by atoms with Crippen LogP contribution < -0.4 is 11.1 Å². The van der Waals surface area contributed by atoms with Crippen LogP contribution in [0, 0.1) is 6.92 Å². The van der Waals surface area contributed by atoms with E-state index in [1.165, 1.54) is 5.56 Å². The molecule has 3 aromatic rings. The number of anilines is 2. The van der Waals surface area contributed by atoms with E-state index in [9.17, 15) is 0 Å². The Morgan fingerprint density at radius 3 is 2.52 bits per heavy atom. The molecule has 0 aliphatic heterocycles. The van der Waals surface area contributed by atoms with E-state index in [2.05, 4.69) is 42.3 Å². The standard InChI is InChI=1S/C18H19N3/c1-12-11-20-17-6-4-3-5-16(17)18(12)21-13(2)14-7-9-15(19)10-8-14/h3-11,13H,19H2,1-2H3,(H,20,21). The van der Waals surface area contributed by atoms with Crippen LogP contribution in [-0.2, 0) is 0 Å². The normalized spacial score (nSPS) is 12.3. The summed E-state index contributed by atoms with van der Waals surface area (Å²) in [5.74, 6) is 0. The molecule has 0 bridgehead atoms. The van der Waals surface area contributed by atoms with E-state index in [1.807, 2.05) is 36.5 Å². The Kier molecular flexibility index (Phi) is 3.48. The van der Waals surface area contributed by atoms with Gasteiger partial charge in [0.1, 0.15) is 0 Å². The van der Waals surface area contributed by atoms with Crippen molar-refractivity contribution in [3.63, 3.8) is 0 Å². The lowest BCUT2D eigenvalue weighted by molar-refractivity contribution is 0.884. The van der Waals surface area contributed by atoms with Crippen LogP contribution in [0.15, 0.2) is 54.7 Å². The lowest BCUT2D eigenvalue weighted by Crippen LogP contribution is -2.08. The number of aryl methyl sites for hydroxylation is 1. The third kappa shape index (κ3) is 2.68. The minimum atomic E-state index is 0.204. The zero-order valence-corrected chi connectivity index (χ0v) is 12.3. The SMILES string of the molecule is Cc1cnc2ccccc2c1NC(C)c1ccc(N)cc1. The predicted molar refractivity (Wildman–Crippen MR) is 89.4 cm³/mol. The Bertz CT molecular complexity index is 763. The highest BCUT2D eigenvalue weighted by Gasteiger charge is 2.10. The molecule has 0 aliphatic carbocycles. The number of fused-ring (bicyclic) bond motifs is 1. The van der Waals surface area contributed by atoms with Gasteiger partial charge < -0.3 is 11.1 Å². The molecule has 0 radical (unpaired) electrons. The van der Waals surface area contributed by atoms with E-state index in [4.69, 9.17) is 5.73 Å². The molecule has 0 spiro atoms. The molecule has 0 amide bonds. The fraction of sp³-hybridized carbons (Fsp3) is 0.167. The number of rotatable bonds is 3. The number of nitrogen functional groups attached to an aromatic ring is 1. The van der Waals surface area contributed by atoms with Gasteiger partial charge in [0.05, 0.1) is 5.52 Å². The van der Waals surface area contributed by atoms with Crippen LogP contribution in [0.1, 0.15) is 24.1 Å². The first-order chi connectivity index (χ1) is 10.1. The Labute approximate surface area is 124 Å². The molecule has 3 rings (SSSR count). The van der Waals surface area contributed by atoms with Gasteiger partial charge >= 0.3 is 0 Å². The van der Waals surface area contributed by atoms with Crippen LogP contribution in [0.4, 0.5) is 11.4 Å². The van der Waals surface area contributed by atoms with Crippen molar-refractivity contribution in [3.05, 3.63) is 65.9 Å². The lowest BCUT2D eigenvalue weighted by Gasteiger charge is -2.19. The van der Waals surface area contributed by atoms with Gasteiger partial charge in [-0.15, -0.1) is 0 Å². The Morgan fingerprint density at radius 1 is 1.05 bits per heavy atom. The molecule has 0 fully saturated rings. The number of hydrogen-bond acceptors (Lipinski definition) is 3. The number of nitrogens with one attached hydrogen (secondary N) is 1. The largest absolute Gasteiger partial charge is 0.399 e. The highest BCUT2D eigenvalue weighted by Crippen LogP contribution is 2.29. The van der Waals surface area contributed by atoms with Crippen LogP contribution in [0.25, 0.3) is 10.9 Å². The number of pyridine rings is 1. The number of para-hydroxylation sites is 1. The van der Waals surface area contributed by atoms with E-state index in [0.29, 0.717) is 0 Å². The molecular formula is C18H19N3. The molecule has 3 nitrogen and oxygen atoms in total. The van der Waals surface area contributed by atoms with Gasteiger partial charge in [-0.3, -0.25) is 4.98 Å². The van der Waals surface area contributed by atoms with Gasteiger partial charge in [0, 0.05) is 29.0 Å². The average molecular weight is 277 g/mol. The molecule has 3 heteroatoms. The molecule has 3 N–H and O–H groups in total. The topological polar surface area (TPSA) is 50.9 Å². The summed E-state index contributed by atoms with van der Waals surface area (Å²) in [5.41, 5.74) is 11.1. The molecule has 21 heavy (non-hydrogen) atoms. The maximum Gasteiger partial charge on any atom is 0.0722 e. The maximum absolute atomic E-state index is 5.75. The van der Waals surface area contributed by atoms with Crippen molar-refractivity contribution < 1.29 is 0 Å². The Balaban J connectivity index is 1.97. The number of aromatic nitrogens is 1. The van der Waals surface area contributed by atoms with Crippen LogP contribution in [0.2, 0.25) is 0 Å². The minimum absolute atomic E-state index is 0.204. The molecule has 106 valence electrons. The summed E-state index contributed by atoms with van der Waals surface area (Å²) in [4.78, 5) is 4.48. The summed E-state index contributed by atoms with van der Waals surface area (Å²) < 4.78 is 0. The van der Waals surface area contributed by atoms with Crippen molar-refractivity contribution >= 4 is 22.3 Å². The summed E-state index contributed by atoms with van der Waals surface area (Å²) in [6, 6.07) is 16.4. The zero-order chi connectivity index (χ0) is 14.8. The lowest BCUT2D eigenvalue weighted by atomic mass is 10.1. The van der Waals surface area contributed by atoms with Gasteiger partial charge in [-0.05, 0) is 43.2 Å². The summed E-state index contributed by atoms with van der Waals surface area (Å²) >= 11 is 0. The second-order valence-electron chi connectivity index (χ2n) is 5.37. The van der Waals surface area contributed by atoms with Gasteiger partial charge in [-0.1, -0.05) is 30.3 Å². The molecule has 1 unspecified atom stereocenters. The number of nitrogens with two attached hydrogens (primary N) is 1. The zero-order valence-electron chi connectivity index (χ0n) is 12.3. The first-order valence-corrected chi connectivity index (χ1v) is 7.11. The third-order valence-corrected chi connectivity index (χ3v) is 3.76. The van der Waals surface area contributed by atoms with E-state index in [-0.39, 0.29) is 6.04 Å². The molecule has 1 atom stereocenters. The highest BCUT2D eigenvalue weighted by molar-refractivity contribution is 5.92. The molecular weight excluding hydrogens is 258 g/mol. The van der Waals surface area contributed by atoms with Gasteiger partial charge in [0.15, 0.2) is 0 Å². The van der Waals surface area contributed by atoms with E-state index < -0.39 is 0 Å². The van der Waals surface area contributed by atoms with E-state index in [1.54, 1.807) is 0 Å². The number of hydrogen-bond donors (Lipinski definition) is 2. The fourth-order valence-corrected chi connectivity index (χ4v) is 2.52. The van der Waals surface area contributed by atoms with Crippen LogP contribution in [0.5, 0.6) is 0 Å². The molecule has 1 aromatic heterocycles. The van der Waals surface area contributed by atoms with Crippen molar-refractivity contribution in [1.82, 2.24) is 4.98 Å². The van der Waals surface area contributed by atoms with Crippen molar-refractivity contribution in [2.75, 3.05) is 11.1 Å². The molecule has 2 aromatic carbocycles. The molecule has 0 saturated heterocycles. The first kappa shape index (κ1) is 13.4. The molecule has 1 heterocycles. The Hall–Kier alpha value is -2.55. The van der Waals surface area contributed by atoms with Crippen molar-refractivity contribution in [2.24, 2.45) is 0 Å². The van der Waals surface area contributed by atoms with E-state index in [0.717, 1.165) is 27.8 Å². The summed E-state index contributed by atoms with van der Waals surface area (Å²) in [5, 5.41) is 4.76. The summed E-state index contributed by atoms with van der Waals surface area (Å²) in [7, 11) is 0. The predicted octanol–water partition coefficient (Wildman–Crippen LogP) is 4.30. The van der Waals surface area contributed by atoms with Crippen LogP contribution >= 0.6 is 0 Å². The second kappa shape index (κ2) is 5.44. The Morgan fingerprint density at radius 2 is 1.76 bits per heavy atom. The molecule has 0 aliphatic rings. The van der Waals surface area contributed by atoms with Crippen molar-refractivity contribution in [3.8, 4) is 0 Å². The van der Waals surface area contributed by atoms with E-state index >= 15 is 0 Å². The van der Waals surface area contributed by atoms with Gasteiger partial charge in [0.2, 0.25) is 0 Å². The monoisotopic (exact) mass is 277 g/mol. The minimum Gasteiger partial charge on any atom is -0.399 e. The average Bonchev–Trinajstić information content (AvgIpc) is 2.51. The quantitative estimate of drug-likeness (QED) is 0.702. The summed E-state index contributed by atoms with van der Waals surface area (Å²) in [6.45, 7) is 4.23. The highest BCUT2D eigenvalue weighted by atomic mass is 14.9. The third-order valence-electron chi connectivity index (χ3n) is 3.76. The first-order valence-electron chi connectivity index (χ1n) is 7.11. The van der Waals surface area contributed by atoms with Gasteiger partial charge in [-0.2, -0.15) is 0 Å². The number of benzene rings is 2. The summed E-state index contributed by atoms with van der Waals surface area (Å²) in [6.07, 6.45) is 1.92. The van der Waals surface area contributed by atoms with Crippen LogP contribution in [0.3, 0.4) is 0 Å².